The molecule has 0 bridgehead atoms. The van der Waals surface area contributed by atoms with Crippen LogP contribution in [-0.2, 0) is 17.8 Å². The van der Waals surface area contributed by atoms with E-state index in [1.807, 2.05) is 0 Å². The molecule has 25 heavy (non-hydrogen) atoms. The predicted octanol–water partition coefficient (Wildman–Crippen LogP) is 3.28. The van der Waals surface area contributed by atoms with Gasteiger partial charge in [-0.25, -0.2) is 0 Å². The lowest BCUT2D eigenvalue weighted by Gasteiger charge is -2.32. The van der Waals surface area contributed by atoms with Gasteiger partial charge in [0, 0.05) is 25.6 Å². The maximum Gasteiger partial charge on any atom is 0.224 e. The molecule has 0 unspecified atom stereocenters. The lowest BCUT2D eigenvalue weighted by atomic mass is 9.99. The van der Waals surface area contributed by atoms with Crippen LogP contribution in [0.4, 0.5) is 0 Å². The van der Waals surface area contributed by atoms with Gasteiger partial charge in [-0.3, -0.25) is 9.69 Å². The monoisotopic (exact) mass is 342 g/mol. The van der Waals surface area contributed by atoms with Crippen molar-refractivity contribution in [3.63, 3.8) is 0 Å². The number of nitrogens with zero attached hydrogens (tertiary/aromatic N) is 1. The number of ether oxygens (including phenoxy) is 1. The van der Waals surface area contributed by atoms with E-state index in [-0.39, 0.29) is 11.8 Å². The minimum Gasteiger partial charge on any atom is -0.493 e. The van der Waals surface area contributed by atoms with E-state index in [0.717, 1.165) is 57.7 Å². The quantitative estimate of drug-likeness (QED) is 0.897. The van der Waals surface area contributed by atoms with Crippen LogP contribution in [0.5, 0.6) is 5.75 Å². The fourth-order valence-electron chi connectivity index (χ4n) is 4.75. The molecule has 3 aliphatic rings. The van der Waals surface area contributed by atoms with Gasteiger partial charge in [0.15, 0.2) is 0 Å². The molecule has 1 N–H and O–H groups in total. The van der Waals surface area contributed by atoms with Crippen LogP contribution in [0, 0.1) is 5.92 Å². The third kappa shape index (κ3) is 3.84. The summed E-state index contributed by atoms with van der Waals surface area (Å²) in [4.78, 5) is 15.2. The van der Waals surface area contributed by atoms with E-state index < -0.39 is 0 Å². The fraction of sp³-hybridized carbons (Fsp3) is 0.667. The second-order valence-electron chi connectivity index (χ2n) is 7.82. The number of carbonyl (C=O) groups excluding carboxylic acids is 1. The minimum absolute atomic E-state index is 0.177. The van der Waals surface area contributed by atoms with E-state index in [1.54, 1.807) is 0 Å². The summed E-state index contributed by atoms with van der Waals surface area (Å²) in [6.07, 6.45) is 9.26. The van der Waals surface area contributed by atoms with Crippen molar-refractivity contribution < 1.29 is 9.53 Å². The average Bonchev–Trinajstić information content (AvgIpc) is 3.27. The molecule has 1 saturated carbocycles. The van der Waals surface area contributed by atoms with Crippen LogP contribution >= 0.6 is 0 Å². The number of benzene rings is 1. The zero-order chi connectivity index (χ0) is 17.1. The van der Waals surface area contributed by atoms with E-state index in [1.165, 1.54) is 36.8 Å². The standard InChI is InChI=1S/C21H30N2O2/c24-21-18-6-5-7-19(18)23(12-4-2-1-3-11-22-21)15-16-8-9-20-17(14-16)10-13-25-20/h8-9,14,18-19H,1-7,10-13,15H2,(H,22,24)/t18-,19+/m1/s1. The molecule has 1 aromatic carbocycles. The molecule has 2 heterocycles. The Balaban J connectivity index is 1.52. The first kappa shape index (κ1) is 16.9. The molecule has 2 fully saturated rings. The van der Waals surface area contributed by atoms with Gasteiger partial charge in [-0.1, -0.05) is 31.4 Å². The van der Waals surface area contributed by atoms with Crippen LogP contribution in [0.1, 0.15) is 56.1 Å². The van der Waals surface area contributed by atoms with Crippen molar-refractivity contribution in [3.8, 4) is 5.75 Å². The van der Waals surface area contributed by atoms with Gasteiger partial charge in [-0.05, 0) is 49.4 Å². The molecule has 1 saturated heterocycles. The van der Waals surface area contributed by atoms with Gasteiger partial charge in [-0.15, -0.1) is 0 Å². The van der Waals surface area contributed by atoms with Gasteiger partial charge < -0.3 is 10.1 Å². The van der Waals surface area contributed by atoms with Gasteiger partial charge >= 0.3 is 0 Å². The summed E-state index contributed by atoms with van der Waals surface area (Å²) in [5.41, 5.74) is 2.71. The Kier molecular flexibility index (Phi) is 5.25. The summed E-state index contributed by atoms with van der Waals surface area (Å²) < 4.78 is 5.64. The summed E-state index contributed by atoms with van der Waals surface area (Å²) in [5.74, 6) is 1.52. The summed E-state index contributed by atoms with van der Waals surface area (Å²) in [5, 5.41) is 3.19. The molecule has 136 valence electrons. The highest BCUT2D eigenvalue weighted by Crippen LogP contribution is 2.33. The van der Waals surface area contributed by atoms with Crippen LogP contribution < -0.4 is 10.1 Å². The first-order valence-electron chi connectivity index (χ1n) is 10.1. The third-order valence-corrected chi connectivity index (χ3v) is 6.10. The number of rotatable bonds is 2. The maximum absolute atomic E-state index is 12.6. The normalized spacial score (nSPS) is 27.8. The van der Waals surface area contributed by atoms with Crippen LogP contribution in [0.25, 0.3) is 0 Å². The molecule has 0 aromatic heterocycles. The molecule has 2 aliphatic heterocycles. The number of nitrogens with one attached hydrogen (secondary N) is 1. The molecular weight excluding hydrogens is 312 g/mol. The SMILES string of the molecule is O=C1NCCCCCCN(Cc2ccc3c(c2)CCO3)[C@H]2CCC[C@@H]12. The number of hydrogen-bond acceptors (Lipinski definition) is 3. The summed E-state index contributed by atoms with van der Waals surface area (Å²) in [6.45, 7) is 3.74. The second-order valence-corrected chi connectivity index (χ2v) is 7.82. The Bertz CT molecular complexity index is 616. The highest BCUT2D eigenvalue weighted by molar-refractivity contribution is 5.79. The first-order chi connectivity index (χ1) is 12.3. The highest BCUT2D eigenvalue weighted by Gasteiger charge is 2.36. The van der Waals surface area contributed by atoms with Crippen molar-refractivity contribution in [1.29, 1.82) is 0 Å². The van der Waals surface area contributed by atoms with Crippen LogP contribution in [0.3, 0.4) is 0 Å². The van der Waals surface area contributed by atoms with Crippen molar-refractivity contribution >= 4 is 5.91 Å². The summed E-state index contributed by atoms with van der Waals surface area (Å²) in [7, 11) is 0. The van der Waals surface area contributed by atoms with Crippen molar-refractivity contribution in [3.05, 3.63) is 29.3 Å². The topological polar surface area (TPSA) is 41.6 Å². The molecular formula is C21H30N2O2. The van der Waals surface area contributed by atoms with Crippen LogP contribution in [-0.4, -0.2) is 36.5 Å². The number of amides is 1. The molecule has 4 heteroatoms. The van der Waals surface area contributed by atoms with E-state index >= 15 is 0 Å². The van der Waals surface area contributed by atoms with Gasteiger partial charge in [0.05, 0.1) is 12.5 Å². The van der Waals surface area contributed by atoms with E-state index in [9.17, 15) is 4.79 Å². The summed E-state index contributed by atoms with van der Waals surface area (Å²) in [6, 6.07) is 7.06. The molecule has 0 spiro atoms. The van der Waals surface area contributed by atoms with E-state index in [2.05, 4.69) is 28.4 Å². The van der Waals surface area contributed by atoms with Crippen LogP contribution in [0.2, 0.25) is 0 Å². The Labute approximate surface area is 150 Å². The molecule has 0 radical (unpaired) electrons. The fourth-order valence-corrected chi connectivity index (χ4v) is 4.75. The van der Waals surface area contributed by atoms with Gasteiger partial charge in [0.25, 0.3) is 0 Å². The van der Waals surface area contributed by atoms with E-state index in [4.69, 9.17) is 4.74 Å². The molecule has 4 rings (SSSR count). The average molecular weight is 342 g/mol. The van der Waals surface area contributed by atoms with Crippen LogP contribution in [0.15, 0.2) is 18.2 Å². The van der Waals surface area contributed by atoms with Crippen molar-refractivity contribution in [2.24, 2.45) is 5.92 Å². The molecule has 1 amide bonds. The molecule has 1 aromatic rings. The maximum atomic E-state index is 12.6. The van der Waals surface area contributed by atoms with E-state index in [0.29, 0.717) is 6.04 Å². The third-order valence-electron chi connectivity index (χ3n) is 6.10. The Hall–Kier alpha value is -1.55. The van der Waals surface area contributed by atoms with Crippen molar-refractivity contribution in [1.82, 2.24) is 10.2 Å². The zero-order valence-electron chi connectivity index (χ0n) is 15.1. The van der Waals surface area contributed by atoms with Crippen molar-refractivity contribution in [2.75, 3.05) is 19.7 Å². The highest BCUT2D eigenvalue weighted by atomic mass is 16.5. The smallest absolute Gasteiger partial charge is 0.224 e. The predicted molar refractivity (Wildman–Crippen MR) is 98.7 cm³/mol. The Morgan fingerprint density at radius 3 is 3.00 bits per heavy atom. The molecule has 1 aliphatic carbocycles. The number of hydrogen-bond donors (Lipinski definition) is 1. The molecule has 4 nitrogen and oxygen atoms in total. The number of fused-ring (bicyclic) bond motifs is 2. The van der Waals surface area contributed by atoms with Gasteiger partial charge in [0.1, 0.15) is 5.75 Å². The zero-order valence-corrected chi connectivity index (χ0v) is 15.1. The number of carbonyl (C=O) groups is 1. The first-order valence-corrected chi connectivity index (χ1v) is 10.1. The molecule has 2 atom stereocenters. The lowest BCUT2D eigenvalue weighted by molar-refractivity contribution is -0.126. The Morgan fingerprint density at radius 1 is 1.12 bits per heavy atom. The Morgan fingerprint density at radius 2 is 2.04 bits per heavy atom. The van der Waals surface area contributed by atoms with Gasteiger partial charge in [-0.2, -0.15) is 0 Å². The summed E-state index contributed by atoms with van der Waals surface area (Å²) >= 11 is 0. The van der Waals surface area contributed by atoms with Crippen molar-refractivity contribution in [2.45, 2.75) is 64.0 Å². The lowest BCUT2D eigenvalue weighted by Crippen LogP contribution is -2.44. The van der Waals surface area contributed by atoms with Gasteiger partial charge in [0.2, 0.25) is 5.91 Å². The minimum atomic E-state index is 0.177. The largest absolute Gasteiger partial charge is 0.493 e. The second kappa shape index (κ2) is 7.77.